The monoisotopic (exact) mass is 235 g/mol. The van der Waals surface area contributed by atoms with Crippen LogP contribution in [0.5, 0.6) is 0 Å². The van der Waals surface area contributed by atoms with Crippen molar-refractivity contribution in [3.8, 4) is 0 Å². The Morgan fingerprint density at radius 3 is 2.53 bits per heavy atom. The van der Waals surface area contributed by atoms with Gasteiger partial charge >= 0.3 is 5.97 Å². The van der Waals surface area contributed by atoms with Crippen LogP contribution in [-0.4, -0.2) is 18.4 Å². The van der Waals surface area contributed by atoms with E-state index in [1.807, 2.05) is 18.2 Å². The zero-order valence-corrected chi connectivity index (χ0v) is 10.1. The van der Waals surface area contributed by atoms with E-state index in [0.29, 0.717) is 12.1 Å². The summed E-state index contributed by atoms with van der Waals surface area (Å²) in [5.74, 6) is -1.45. The maximum absolute atomic E-state index is 11.6. The first-order valence-electron chi connectivity index (χ1n) is 5.56. The molecule has 92 valence electrons. The van der Waals surface area contributed by atoms with E-state index in [2.05, 4.69) is 0 Å². The molecule has 1 aromatic carbocycles. The van der Waals surface area contributed by atoms with E-state index in [0.717, 1.165) is 5.56 Å². The molecule has 0 spiro atoms. The van der Waals surface area contributed by atoms with Gasteiger partial charge in [-0.25, -0.2) is 0 Å². The molecule has 0 heterocycles. The predicted octanol–water partition coefficient (Wildman–Crippen LogP) is 1.58. The predicted molar refractivity (Wildman–Crippen MR) is 65.4 cm³/mol. The smallest absolute Gasteiger partial charge is 0.316 e. The van der Waals surface area contributed by atoms with E-state index >= 15 is 0 Å². The average Bonchev–Trinajstić information content (AvgIpc) is 2.27. The van der Waals surface area contributed by atoms with Crippen molar-refractivity contribution < 1.29 is 14.3 Å². The molecule has 0 radical (unpaired) electrons. The maximum Gasteiger partial charge on any atom is 0.316 e. The number of para-hydroxylation sites is 1. The van der Waals surface area contributed by atoms with Crippen molar-refractivity contribution in [2.45, 2.75) is 20.3 Å². The Morgan fingerprint density at radius 1 is 1.35 bits per heavy atom. The molecule has 4 heteroatoms. The summed E-state index contributed by atoms with van der Waals surface area (Å²) in [5.41, 5.74) is 7.16. The molecular formula is C13H17NO3. The highest BCUT2D eigenvalue weighted by molar-refractivity contribution is 5.98. The lowest BCUT2D eigenvalue weighted by atomic mass is 9.95. The van der Waals surface area contributed by atoms with Crippen molar-refractivity contribution in [1.82, 2.24) is 0 Å². The molecule has 0 saturated carbocycles. The molecule has 17 heavy (non-hydrogen) atoms. The number of benzene rings is 1. The Hall–Kier alpha value is -1.84. The van der Waals surface area contributed by atoms with Crippen LogP contribution in [0.2, 0.25) is 0 Å². The third kappa shape index (κ3) is 3.59. The van der Waals surface area contributed by atoms with Gasteiger partial charge in [0.05, 0.1) is 6.61 Å². The number of hydrogen-bond donors (Lipinski definition) is 1. The molecule has 4 nitrogen and oxygen atoms in total. The minimum Gasteiger partial charge on any atom is -0.465 e. The van der Waals surface area contributed by atoms with Crippen molar-refractivity contribution in [1.29, 1.82) is 0 Å². The minimum atomic E-state index is -0.764. The molecule has 0 saturated heterocycles. The lowest BCUT2D eigenvalue weighted by Gasteiger charge is -2.13. The number of carbonyl (C=O) groups excluding carboxylic acids is 2. The topological polar surface area (TPSA) is 69.4 Å². The van der Waals surface area contributed by atoms with Gasteiger partial charge in [-0.1, -0.05) is 18.2 Å². The second kappa shape index (κ2) is 6.03. The first kappa shape index (κ1) is 13.2. The Balaban J connectivity index is 2.84. The fourth-order valence-corrected chi connectivity index (χ4v) is 1.58. The van der Waals surface area contributed by atoms with E-state index in [9.17, 15) is 9.59 Å². The zero-order valence-electron chi connectivity index (χ0n) is 10.1. The van der Waals surface area contributed by atoms with E-state index in [1.54, 1.807) is 13.0 Å². The molecule has 1 unspecified atom stereocenters. The number of rotatable bonds is 5. The highest BCUT2D eigenvalue weighted by atomic mass is 16.5. The molecule has 0 aliphatic heterocycles. The molecule has 1 rings (SSSR count). The van der Waals surface area contributed by atoms with Gasteiger partial charge in [0.1, 0.15) is 11.7 Å². The summed E-state index contributed by atoms with van der Waals surface area (Å²) in [6.45, 7) is 3.37. The molecular weight excluding hydrogens is 218 g/mol. The van der Waals surface area contributed by atoms with Gasteiger partial charge in [0.2, 0.25) is 0 Å². The van der Waals surface area contributed by atoms with E-state index in [-0.39, 0.29) is 12.4 Å². The molecule has 0 aliphatic rings. The summed E-state index contributed by atoms with van der Waals surface area (Å²) in [4.78, 5) is 23.1. The summed E-state index contributed by atoms with van der Waals surface area (Å²) in [6.07, 6.45) is 0.292. The molecule has 0 amide bonds. The van der Waals surface area contributed by atoms with Crippen LogP contribution in [0.25, 0.3) is 0 Å². The summed E-state index contributed by atoms with van der Waals surface area (Å²) in [6, 6.07) is 7.20. The Kier molecular flexibility index (Phi) is 4.69. The van der Waals surface area contributed by atoms with Crippen LogP contribution in [0.1, 0.15) is 19.4 Å². The van der Waals surface area contributed by atoms with Crippen LogP contribution in [0.3, 0.4) is 0 Å². The molecule has 2 N–H and O–H groups in total. The van der Waals surface area contributed by atoms with Gasteiger partial charge in [-0.05, 0) is 31.9 Å². The van der Waals surface area contributed by atoms with Crippen LogP contribution in [0.4, 0.5) is 5.69 Å². The van der Waals surface area contributed by atoms with Crippen LogP contribution in [-0.2, 0) is 20.7 Å². The van der Waals surface area contributed by atoms with Gasteiger partial charge in [0, 0.05) is 5.69 Å². The first-order valence-corrected chi connectivity index (χ1v) is 5.56. The van der Waals surface area contributed by atoms with Gasteiger partial charge < -0.3 is 10.5 Å². The third-order valence-electron chi connectivity index (χ3n) is 2.54. The number of nitrogens with two attached hydrogens (primary N) is 1. The lowest BCUT2D eigenvalue weighted by molar-refractivity contribution is -0.151. The van der Waals surface area contributed by atoms with E-state index in [1.165, 1.54) is 6.92 Å². The van der Waals surface area contributed by atoms with Gasteiger partial charge in [-0.3, -0.25) is 9.59 Å². The van der Waals surface area contributed by atoms with Crippen molar-refractivity contribution >= 4 is 17.4 Å². The maximum atomic E-state index is 11.6. The van der Waals surface area contributed by atoms with Crippen molar-refractivity contribution in [3.63, 3.8) is 0 Å². The lowest BCUT2D eigenvalue weighted by Crippen LogP contribution is -2.26. The van der Waals surface area contributed by atoms with Gasteiger partial charge in [0.15, 0.2) is 0 Å². The minimum absolute atomic E-state index is 0.202. The highest BCUT2D eigenvalue weighted by Gasteiger charge is 2.25. The fraction of sp³-hybridized carbons (Fsp3) is 0.385. The molecule has 1 atom stereocenters. The number of anilines is 1. The number of esters is 1. The number of nitrogen functional groups attached to an aromatic ring is 1. The van der Waals surface area contributed by atoms with Crippen LogP contribution in [0.15, 0.2) is 24.3 Å². The first-order chi connectivity index (χ1) is 8.06. The molecule has 0 bridgehead atoms. The Bertz CT molecular complexity index is 415. The van der Waals surface area contributed by atoms with Crippen LogP contribution in [0, 0.1) is 5.92 Å². The van der Waals surface area contributed by atoms with Crippen LogP contribution >= 0.6 is 0 Å². The summed E-state index contributed by atoms with van der Waals surface area (Å²) in [5, 5.41) is 0. The molecule has 1 aromatic rings. The number of Topliss-reactive ketones (excluding diaryl/α,β-unsaturated/α-hetero) is 1. The van der Waals surface area contributed by atoms with E-state index in [4.69, 9.17) is 10.5 Å². The second-order valence-corrected chi connectivity index (χ2v) is 3.82. The number of hydrogen-bond acceptors (Lipinski definition) is 4. The van der Waals surface area contributed by atoms with E-state index < -0.39 is 11.9 Å². The summed E-state index contributed by atoms with van der Waals surface area (Å²) in [7, 11) is 0. The quantitative estimate of drug-likeness (QED) is 0.478. The van der Waals surface area contributed by atoms with Crippen molar-refractivity contribution in [2.24, 2.45) is 5.92 Å². The average molecular weight is 235 g/mol. The number of carbonyl (C=O) groups is 2. The normalized spacial score (nSPS) is 11.9. The SMILES string of the molecule is CCOC(=O)C(Cc1ccccc1N)C(C)=O. The van der Waals surface area contributed by atoms with Crippen molar-refractivity contribution in [2.75, 3.05) is 12.3 Å². The van der Waals surface area contributed by atoms with Gasteiger partial charge in [-0.2, -0.15) is 0 Å². The third-order valence-corrected chi connectivity index (χ3v) is 2.54. The van der Waals surface area contributed by atoms with Crippen molar-refractivity contribution in [3.05, 3.63) is 29.8 Å². The standard InChI is InChI=1S/C13H17NO3/c1-3-17-13(16)11(9(2)15)8-10-6-4-5-7-12(10)14/h4-7,11H,3,8,14H2,1-2H3. The Morgan fingerprint density at radius 2 is 2.00 bits per heavy atom. The largest absolute Gasteiger partial charge is 0.465 e. The number of ether oxygens (including phenoxy) is 1. The zero-order chi connectivity index (χ0) is 12.8. The van der Waals surface area contributed by atoms with Gasteiger partial charge in [0.25, 0.3) is 0 Å². The van der Waals surface area contributed by atoms with Crippen LogP contribution < -0.4 is 5.73 Å². The highest BCUT2D eigenvalue weighted by Crippen LogP contribution is 2.17. The fourth-order valence-electron chi connectivity index (χ4n) is 1.58. The second-order valence-electron chi connectivity index (χ2n) is 3.82. The summed E-state index contributed by atoms with van der Waals surface area (Å²) < 4.78 is 4.88. The van der Waals surface area contributed by atoms with Gasteiger partial charge in [-0.15, -0.1) is 0 Å². The molecule has 0 aliphatic carbocycles. The molecule has 0 aromatic heterocycles. The number of ketones is 1. The Labute approximate surface area is 101 Å². The molecule has 0 fully saturated rings. The summed E-state index contributed by atoms with van der Waals surface area (Å²) >= 11 is 0.